The molecule has 0 aliphatic carbocycles. The molecule has 24 heavy (non-hydrogen) atoms. The van der Waals surface area contributed by atoms with Gasteiger partial charge in [0.25, 0.3) is 5.91 Å². The molecule has 2 aromatic rings. The number of nitrogens with one attached hydrogen (secondary N) is 1. The van der Waals surface area contributed by atoms with Crippen molar-refractivity contribution in [2.45, 2.75) is 5.75 Å². The van der Waals surface area contributed by atoms with Gasteiger partial charge in [-0.15, -0.1) is 11.8 Å². The van der Waals surface area contributed by atoms with Gasteiger partial charge in [-0.1, -0.05) is 12.1 Å². The summed E-state index contributed by atoms with van der Waals surface area (Å²) in [5, 5.41) is 2.85. The minimum atomic E-state index is -0.233. The fraction of sp³-hybridized carbons (Fsp3) is 0.222. The van der Waals surface area contributed by atoms with Crippen LogP contribution in [0.1, 0.15) is 15.9 Å². The molecule has 0 saturated heterocycles. The Morgan fingerprint density at radius 3 is 2.25 bits per heavy atom. The number of carbonyl (C=O) groups is 2. The van der Waals surface area contributed by atoms with Crippen molar-refractivity contribution in [1.82, 2.24) is 0 Å². The van der Waals surface area contributed by atoms with E-state index in [0.717, 1.165) is 11.3 Å². The van der Waals surface area contributed by atoms with Gasteiger partial charge < -0.3 is 14.8 Å². The van der Waals surface area contributed by atoms with Crippen molar-refractivity contribution >= 4 is 29.3 Å². The van der Waals surface area contributed by atoms with Crippen LogP contribution in [0.15, 0.2) is 48.5 Å². The minimum Gasteiger partial charge on any atom is -0.497 e. The zero-order valence-electron chi connectivity index (χ0n) is 13.6. The topological polar surface area (TPSA) is 64.6 Å². The summed E-state index contributed by atoms with van der Waals surface area (Å²) in [6, 6.07) is 14.5. The molecule has 0 aliphatic heterocycles. The van der Waals surface area contributed by atoms with Crippen LogP contribution < -0.4 is 10.1 Å². The van der Waals surface area contributed by atoms with E-state index in [9.17, 15) is 9.59 Å². The Labute approximate surface area is 145 Å². The van der Waals surface area contributed by atoms with E-state index in [0.29, 0.717) is 22.8 Å². The number of hydrogen-bond donors (Lipinski definition) is 1. The van der Waals surface area contributed by atoms with E-state index in [1.54, 1.807) is 31.4 Å². The summed E-state index contributed by atoms with van der Waals surface area (Å²) in [4.78, 5) is 23.2. The summed E-state index contributed by atoms with van der Waals surface area (Å²) in [7, 11) is 2.96. The highest BCUT2D eigenvalue weighted by atomic mass is 32.2. The highest BCUT2D eigenvalue weighted by Gasteiger charge is 2.06. The zero-order valence-corrected chi connectivity index (χ0v) is 14.4. The predicted octanol–water partition coefficient (Wildman–Crippen LogP) is 3.35. The number of methoxy groups -OCH3 is 2. The van der Waals surface area contributed by atoms with E-state index in [1.807, 2.05) is 24.3 Å². The lowest BCUT2D eigenvalue weighted by Crippen LogP contribution is -2.11. The highest BCUT2D eigenvalue weighted by Crippen LogP contribution is 2.17. The van der Waals surface area contributed by atoms with E-state index in [-0.39, 0.29) is 11.9 Å². The zero-order chi connectivity index (χ0) is 17.4. The highest BCUT2D eigenvalue weighted by molar-refractivity contribution is 7.99. The van der Waals surface area contributed by atoms with Crippen LogP contribution in [0, 0.1) is 0 Å². The molecular weight excluding hydrogens is 326 g/mol. The molecule has 2 rings (SSSR count). The Hall–Kier alpha value is -2.47. The minimum absolute atomic E-state index is 0.175. The van der Waals surface area contributed by atoms with Crippen molar-refractivity contribution in [3.05, 3.63) is 59.7 Å². The fourth-order valence-corrected chi connectivity index (χ4v) is 2.76. The number of ether oxygens (including phenoxy) is 2. The molecule has 2 aromatic carbocycles. The summed E-state index contributed by atoms with van der Waals surface area (Å²) in [6.07, 6.45) is 0. The molecule has 126 valence electrons. The molecule has 0 fully saturated rings. The predicted molar refractivity (Wildman–Crippen MR) is 95.6 cm³/mol. The van der Waals surface area contributed by atoms with E-state index in [1.165, 1.54) is 18.9 Å². The Balaban J connectivity index is 1.88. The number of benzene rings is 2. The van der Waals surface area contributed by atoms with Gasteiger partial charge in [0.1, 0.15) is 5.75 Å². The smallest absolute Gasteiger partial charge is 0.315 e. The Bertz CT molecular complexity index is 683. The molecule has 0 atom stereocenters. The lowest BCUT2D eigenvalue weighted by molar-refractivity contribution is -0.137. The first-order valence-corrected chi connectivity index (χ1v) is 8.46. The van der Waals surface area contributed by atoms with Crippen LogP contribution >= 0.6 is 11.8 Å². The van der Waals surface area contributed by atoms with Crippen LogP contribution in [-0.4, -0.2) is 31.8 Å². The largest absolute Gasteiger partial charge is 0.497 e. The van der Waals surface area contributed by atoms with Gasteiger partial charge in [-0.2, -0.15) is 0 Å². The maximum Gasteiger partial charge on any atom is 0.315 e. The monoisotopic (exact) mass is 345 g/mol. The van der Waals surface area contributed by atoms with Crippen molar-refractivity contribution < 1.29 is 19.1 Å². The van der Waals surface area contributed by atoms with Gasteiger partial charge in [0, 0.05) is 17.0 Å². The molecule has 0 bridgehead atoms. The standard InChI is InChI=1S/C18H19NO4S/c1-22-16-9-5-14(6-10-16)18(21)19-15-7-3-13(4-8-15)11-24-12-17(20)23-2/h3-10H,11-12H2,1-2H3,(H,19,21). The Kier molecular flexibility index (Phi) is 6.69. The average Bonchev–Trinajstić information content (AvgIpc) is 2.63. The van der Waals surface area contributed by atoms with Gasteiger partial charge in [-0.3, -0.25) is 9.59 Å². The van der Waals surface area contributed by atoms with Gasteiger partial charge in [-0.05, 0) is 42.0 Å². The maximum atomic E-state index is 12.2. The second-order valence-electron chi connectivity index (χ2n) is 4.95. The van der Waals surface area contributed by atoms with Gasteiger partial charge in [0.15, 0.2) is 0 Å². The molecule has 0 radical (unpaired) electrons. The Morgan fingerprint density at radius 1 is 1.00 bits per heavy atom. The van der Waals surface area contributed by atoms with E-state index >= 15 is 0 Å². The molecule has 6 heteroatoms. The SMILES string of the molecule is COC(=O)CSCc1ccc(NC(=O)c2ccc(OC)cc2)cc1. The van der Waals surface area contributed by atoms with Gasteiger partial charge in [0.2, 0.25) is 0 Å². The van der Waals surface area contributed by atoms with Crippen LogP contribution in [0.3, 0.4) is 0 Å². The van der Waals surface area contributed by atoms with Crippen LogP contribution in [0.25, 0.3) is 0 Å². The van der Waals surface area contributed by atoms with Gasteiger partial charge >= 0.3 is 5.97 Å². The van der Waals surface area contributed by atoms with E-state index in [2.05, 4.69) is 10.1 Å². The summed E-state index contributed by atoms with van der Waals surface area (Å²) < 4.78 is 9.66. The molecule has 0 heterocycles. The summed E-state index contributed by atoms with van der Waals surface area (Å²) >= 11 is 1.49. The first kappa shape index (κ1) is 17.9. The summed E-state index contributed by atoms with van der Waals surface area (Å²) in [5.74, 6) is 1.34. The Morgan fingerprint density at radius 2 is 1.67 bits per heavy atom. The van der Waals surface area contributed by atoms with Crippen LogP contribution in [0.5, 0.6) is 5.75 Å². The van der Waals surface area contributed by atoms with Crippen LogP contribution in [-0.2, 0) is 15.3 Å². The van der Waals surface area contributed by atoms with E-state index < -0.39 is 0 Å². The molecule has 1 amide bonds. The fourth-order valence-electron chi connectivity index (χ4n) is 1.94. The third kappa shape index (κ3) is 5.31. The maximum absolute atomic E-state index is 12.2. The van der Waals surface area contributed by atoms with Crippen LogP contribution in [0.4, 0.5) is 5.69 Å². The lowest BCUT2D eigenvalue weighted by atomic mass is 10.2. The summed E-state index contributed by atoms with van der Waals surface area (Å²) in [6.45, 7) is 0. The second kappa shape index (κ2) is 8.98. The molecule has 0 saturated carbocycles. The molecule has 0 aliphatic rings. The molecule has 0 spiro atoms. The number of thioether (sulfide) groups is 1. The van der Waals surface area contributed by atoms with Crippen molar-refractivity contribution in [3.63, 3.8) is 0 Å². The van der Waals surface area contributed by atoms with E-state index in [4.69, 9.17) is 4.74 Å². The van der Waals surface area contributed by atoms with Crippen molar-refractivity contribution in [3.8, 4) is 5.75 Å². The first-order chi connectivity index (χ1) is 11.6. The normalized spacial score (nSPS) is 10.1. The van der Waals surface area contributed by atoms with Crippen molar-refractivity contribution in [1.29, 1.82) is 0 Å². The molecule has 0 aromatic heterocycles. The summed E-state index contributed by atoms with van der Waals surface area (Å²) in [5.41, 5.74) is 2.36. The number of rotatable bonds is 7. The number of amides is 1. The van der Waals surface area contributed by atoms with Crippen LogP contribution in [0.2, 0.25) is 0 Å². The first-order valence-electron chi connectivity index (χ1n) is 7.31. The van der Waals surface area contributed by atoms with Gasteiger partial charge in [-0.25, -0.2) is 0 Å². The lowest BCUT2D eigenvalue weighted by Gasteiger charge is -2.07. The average molecular weight is 345 g/mol. The number of carbonyl (C=O) groups excluding carboxylic acids is 2. The molecular formula is C18H19NO4S. The van der Waals surface area contributed by atoms with Crippen molar-refractivity contribution in [2.24, 2.45) is 0 Å². The number of esters is 1. The number of hydrogen-bond acceptors (Lipinski definition) is 5. The second-order valence-corrected chi connectivity index (χ2v) is 5.93. The number of anilines is 1. The van der Waals surface area contributed by atoms with Gasteiger partial charge in [0.05, 0.1) is 20.0 Å². The molecule has 0 unspecified atom stereocenters. The third-order valence-electron chi connectivity index (χ3n) is 3.28. The third-order valence-corrected chi connectivity index (χ3v) is 4.26. The molecule has 5 nitrogen and oxygen atoms in total. The quantitative estimate of drug-likeness (QED) is 0.780. The van der Waals surface area contributed by atoms with Crippen molar-refractivity contribution in [2.75, 3.05) is 25.3 Å². The molecule has 1 N–H and O–H groups in total.